The van der Waals surface area contributed by atoms with Crippen LogP contribution >= 0.6 is 0 Å². The van der Waals surface area contributed by atoms with Gasteiger partial charge in [0.05, 0.1) is 86.0 Å². The summed E-state index contributed by atoms with van der Waals surface area (Å²) in [6.07, 6.45) is 12.0. The lowest BCUT2D eigenvalue weighted by atomic mass is 10.2. The van der Waals surface area contributed by atoms with Crippen molar-refractivity contribution < 1.29 is 42.3 Å². The molecule has 1 amide bonds. The average Bonchev–Trinajstić information content (AvgIpc) is 1.78. The van der Waals surface area contributed by atoms with Gasteiger partial charge in [-0.05, 0) is 96.1 Å². The summed E-state index contributed by atoms with van der Waals surface area (Å²) >= 11 is 0. The smallest absolute Gasteiger partial charge is 0.263 e. The van der Waals surface area contributed by atoms with Crippen molar-refractivity contribution in [2.24, 2.45) is 15.5 Å². The number of rotatable bonds is 21. The second-order valence-corrected chi connectivity index (χ2v) is 20.0. The molecule has 6 aromatic carbocycles. The number of anilines is 9. The van der Waals surface area contributed by atoms with E-state index in [-0.39, 0.29) is 41.6 Å². The SMILES string of the molecule is CO/N=C/c1c(N)ncnc1Nc1ccc(Oc2ccccc2)c(OC)c1.CO/N=C/c1c(N)ncnc1Nc1ccc2nn(Cc3cccc(F)c3)cc2c1.Nc1ncnc(Nc2ccc3c(cnn3Cc3cccc(F)c3)c2)c1/C=N/OCC(=O)N1CCOCC1. The van der Waals surface area contributed by atoms with Crippen molar-refractivity contribution in [2.45, 2.75) is 13.1 Å². The van der Waals surface area contributed by atoms with E-state index in [1.807, 2.05) is 102 Å². The summed E-state index contributed by atoms with van der Waals surface area (Å²) in [6.45, 7) is 2.84. The lowest BCUT2D eigenvalue weighted by Crippen LogP contribution is -2.42. The molecule has 6 heterocycles. The van der Waals surface area contributed by atoms with Crippen LogP contribution in [0.1, 0.15) is 27.8 Å². The molecule has 5 aromatic heterocycles. The maximum Gasteiger partial charge on any atom is 0.263 e. The van der Waals surface area contributed by atoms with Crippen molar-refractivity contribution in [1.82, 2.24) is 54.4 Å². The largest absolute Gasteiger partial charge is 0.493 e. The number of nitrogens with one attached hydrogen (secondary N) is 3. The predicted molar refractivity (Wildman–Crippen MR) is 349 cm³/mol. The van der Waals surface area contributed by atoms with E-state index in [4.69, 9.17) is 45.9 Å². The number of morpholine rings is 1. The second kappa shape index (κ2) is 31.2. The minimum absolute atomic E-state index is 0.165. The molecule has 1 fully saturated rings. The van der Waals surface area contributed by atoms with Crippen LogP contribution in [0.5, 0.6) is 17.2 Å². The van der Waals surface area contributed by atoms with Gasteiger partial charge >= 0.3 is 0 Å². The number of nitrogens with two attached hydrogens (primary N) is 3. The van der Waals surface area contributed by atoms with Gasteiger partial charge in [0.1, 0.15) is 85.5 Å². The van der Waals surface area contributed by atoms with Crippen molar-refractivity contribution in [3.05, 3.63) is 204 Å². The van der Waals surface area contributed by atoms with E-state index in [2.05, 4.69) is 71.5 Å². The highest BCUT2D eigenvalue weighted by atomic mass is 19.1. The van der Waals surface area contributed by atoms with Gasteiger partial charge in [0.2, 0.25) is 0 Å². The normalized spacial score (nSPS) is 12.1. The van der Waals surface area contributed by atoms with Gasteiger partial charge in [0, 0.05) is 53.2 Å². The standard InChI is InChI=1S/C25H25FN8O3.C20H18FN7O.C19H19N5O3/c26-19-3-1-2-17(10-19)14-34-22-5-4-20(11-18(22)12-30-34)32-25-21(24(27)28-16-29-25)13-31-37-15-23(35)33-6-8-36-9-7-33;1-29-25-9-17-19(22)23-12-24-20(17)26-16-5-6-18-14(8-16)11-28(27-18)10-13-3-2-4-15(21)7-13;1-25-17-10-13(8-9-16(17)27-14-6-4-3-5-7-14)24-19-15(11-23-26-2)18(20)21-12-22-19/h1-5,10-13,16H,6-9,14-15H2,(H3,27,28,29,32);2-9,11-12H,10H2,1H3,(H3,22,23,24,26);3-12H,1-2H3,(H3,20,21,22,24)/b31-13+;25-9+;23-11+. The Bertz CT molecular complexity index is 4430. The van der Waals surface area contributed by atoms with Crippen LogP contribution in [0.3, 0.4) is 0 Å². The van der Waals surface area contributed by atoms with Gasteiger partial charge in [0.25, 0.3) is 5.91 Å². The molecule has 0 atom stereocenters. The first-order chi connectivity index (χ1) is 45.4. The van der Waals surface area contributed by atoms with Gasteiger partial charge < -0.3 is 66.8 Å². The number of methoxy groups -OCH3 is 1. The molecule has 27 nitrogen and oxygen atoms in total. The van der Waals surface area contributed by atoms with Crippen LogP contribution in [-0.2, 0) is 37.1 Å². The Labute approximate surface area is 530 Å². The van der Waals surface area contributed by atoms with Crippen LogP contribution in [0.2, 0.25) is 0 Å². The van der Waals surface area contributed by atoms with Crippen LogP contribution in [-0.4, -0.2) is 133 Å². The van der Waals surface area contributed by atoms with Crippen LogP contribution in [0.15, 0.2) is 180 Å². The molecule has 0 spiro atoms. The lowest BCUT2D eigenvalue weighted by molar-refractivity contribution is -0.140. The van der Waals surface area contributed by atoms with Gasteiger partial charge in [-0.3, -0.25) is 14.2 Å². The maximum atomic E-state index is 13.5. The summed E-state index contributed by atoms with van der Waals surface area (Å²) in [4.78, 5) is 53.2. The highest BCUT2D eigenvalue weighted by Crippen LogP contribution is 2.35. The van der Waals surface area contributed by atoms with Crippen LogP contribution in [0.25, 0.3) is 21.8 Å². The number of amides is 1. The number of nitrogens with zero attached hydrogens (tertiary/aromatic N) is 14. The van der Waals surface area contributed by atoms with E-state index in [1.54, 1.807) is 41.1 Å². The number of nitrogen functional groups attached to an aromatic ring is 3. The summed E-state index contributed by atoms with van der Waals surface area (Å²) < 4.78 is 47.1. The van der Waals surface area contributed by atoms with Crippen LogP contribution in [0, 0.1) is 11.6 Å². The number of hydrogen-bond donors (Lipinski definition) is 6. The Hall–Kier alpha value is -12.4. The zero-order valence-corrected chi connectivity index (χ0v) is 50.4. The van der Waals surface area contributed by atoms with Crippen LogP contribution in [0.4, 0.5) is 60.8 Å². The first-order valence-electron chi connectivity index (χ1n) is 28.5. The Morgan fingerprint density at radius 2 is 1.15 bits per heavy atom. The molecule has 93 heavy (non-hydrogen) atoms. The summed E-state index contributed by atoms with van der Waals surface area (Å²) in [6, 6.07) is 39.3. The fraction of sp³-hybridized carbons (Fsp3) is 0.156. The first kappa shape index (κ1) is 63.6. The van der Waals surface area contributed by atoms with Crippen molar-refractivity contribution in [3.63, 3.8) is 0 Å². The van der Waals surface area contributed by atoms with Gasteiger partial charge in [-0.1, -0.05) is 57.9 Å². The molecule has 0 aliphatic carbocycles. The number of carbonyl (C=O) groups excluding carboxylic acids is 1. The Morgan fingerprint density at radius 3 is 1.73 bits per heavy atom. The molecule has 0 radical (unpaired) electrons. The van der Waals surface area contributed by atoms with E-state index < -0.39 is 0 Å². The average molecular weight is 1260 g/mol. The number of fused-ring (bicyclic) bond motifs is 2. The summed E-state index contributed by atoms with van der Waals surface area (Å²) in [7, 11) is 4.47. The number of carbonyl (C=O) groups is 1. The zero-order chi connectivity index (χ0) is 64.9. The molecule has 0 unspecified atom stereocenters. The number of ether oxygens (including phenoxy) is 3. The van der Waals surface area contributed by atoms with Gasteiger partial charge in [-0.15, -0.1) is 0 Å². The fourth-order valence-electron chi connectivity index (χ4n) is 9.22. The molecule has 29 heteroatoms. The molecule has 1 saturated heterocycles. The number of hydrogen-bond acceptors (Lipinski definition) is 24. The van der Waals surface area contributed by atoms with Crippen LogP contribution < -0.4 is 42.6 Å². The first-order valence-corrected chi connectivity index (χ1v) is 28.5. The number of benzene rings is 6. The molecule has 0 saturated carbocycles. The number of oxime groups is 3. The Morgan fingerprint density at radius 1 is 0.602 bits per heavy atom. The quantitative estimate of drug-likeness (QED) is 0.0288. The summed E-state index contributed by atoms with van der Waals surface area (Å²) in [5.74, 6) is 3.36. The highest BCUT2D eigenvalue weighted by molar-refractivity contribution is 5.95. The molecule has 0 bridgehead atoms. The third kappa shape index (κ3) is 17.3. The molecule has 12 rings (SSSR count). The molecule has 9 N–H and O–H groups in total. The third-order valence-corrected chi connectivity index (χ3v) is 13.7. The van der Waals surface area contributed by atoms with Gasteiger partial charge in [-0.25, -0.2) is 38.7 Å². The molecule has 1 aliphatic rings. The van der Waals surface area contributed by atoms with E-state index in [9.17, 15) is 13.6 Å². The topological polar surface area (TPSA) is 340 Å². The molecular formula is C64H62F2N20O7. The number of aromatic nitrogens is 10. The molecule has 1 aliphatic heterocycles. The van der Waals surface area contributed by atoms with Gasteiger partial charge in [0.15, 0.2) is 18.1 Å². The third-order valence-electron chi connectivity index (χ3n) is 13.7. The summed E-state index contributed by atoms with van der Waals surface area (Å²) in [5.41, 5.74) is 25.0. The van der Waals surface area contributed by atoms with Crippen molar-refractivity contribution >= 4 is 98.3 Å². The molecular weight excluding hydrogens is 1200 g/mol. The highest BCUT2D eigenvalue weighted by Gasteiger charge is 2.18. The minimum atomic E-state index is -0.280. The zero-order valence-electron chi connectivity index (χ0n) is 50.4. The van der Waals surface area contributed by atoms with E-state index in [0.29, 0.717) is 85.0 Å². The monoisotopic (exact) mass is 1260 g/mol. The lowest BCUT2D eigenvalue weighted by Gasteiger charge is -2.26. The molecule has 474 valence electrons. The number of para-hydroxylation sites is 1. The summed E-state index contributed by atoms with van der Waals surface area (Å²) in [5, 5.41) is 31.8. The maximum absolute atomic E-state index is 13.5. The van der Waals surface area contributed by atoms with E-state index in [0.717, 1.165) is 55.7 Å². The Kier molecular flexibility index (Phi) is 21.3. The molecule has 11 aromatic rings. The fourth-order valence-corrected chi connectivity index (χ4v) is 9.22. The van der Waals surface area contributed by atoms with Crippen molar-refractivity contribution in [2.75, 3.05) is 87.4 Å². The number of halogens is 2. The van der Waals surface area contributed by atoms with E-state index in [1.165, 1.54) is 76.1 Å². The van der Waals surface area contributed by atoms with Gasteiger partial charge in [-0.2, -0.15) is 10.2 Å². The van der Waals surface area contributed by atoms with E-state index >= 15 is 0 Å². The minimum Gasteiger partial charge on any atom is -0.493 e. The van der Waals surface area contributed by atoms with Crippen molar-refractivity contribution in [3.8, 4) is 17.2 Å². The predicted octanol–water partition coefficient (Wildman–Crippen LogP) is 9.45. The second-order valence-electron chi connectivity index (χ2n) is 20.0. The Balaban J connectivity index is 0.000000155. The van der Waals surface area contributed by atoms with Crippen molar-refractivity contribution in [1.29, 1.82) is 0 Å².